The lowest BCUT2D eigenvalue weighted by atomic mass is 9.99. The van der Waals surface area contributed by atoms with Crippen molar-refractivity contribution >= 4 is 34.5 Å². The standard InChI is InChI=1S/C39H40FN7O3/c1-26(33-12-6-9-28-8-2-3-11-34(28)33)45-37(49)35(13-7-23-44-39(41)42)46-36(48)29-16-14-27(15-17-29)24-47(25-32-10-4-5-22-43-32)38(50)30-18-20-31(40)21-19-30/h2-6,8-12,14-22,26,35H,7,13,23-25H2,1H3,(H,45,49)(H,46,48)(H4,41,42,44)/t26-,35+/m1/s1. The van der Waals surface area contributed by atoms with Gasteiger partial charge in [-0.15, -0.1) is 0 Å². The molecular weight excluding hydrogens is 633 g/mol. The van der Waals surface area contributed by atoms with E-state index >= 15 is 0 Å². The van der Waals surface area contributed by atoms with Crippen molar-refractivity contribution < 1.29 is 18.8 Å². The zero-order valence-corrected chi connectivity index (χ0v) is 27.8. The number of rotatable bonds is 14. The predicted octanol–water partition coefficient (Wildman–Crippen LogP) is 5.25. The molecule has 50 heavy (non-hydrogen) atoms. The summed E-state index contributed by atoms with van der Waals surface area (Å²) in [5.74, 6) is -1.52. The zero-order chi connectivity index (χ0) is 35.5. The van der Waals surface area contributed by atoms with Crippen molar-refractivity contribution in [2.45, 2.75) is 44.9 Å². The number of nitrogens with zero attached hydrogens (tertiary/aromatic N) is 3. The Balaban J connectivity index is 1.29. The van der Waals surface area contributed by atoms with Gasteiger partial charge in [-0.2, -0.15) is 0 Å². The minimum absolute atomic E-state index is 0.0438. The Morgan fingerprint density at radius 1 is 0.820 bits per heavy atom. The van der Waals surface area contributed by atoms with E-state index in [2.05, 4.69) is 20.6 Å². The fourth-order valence-corrected chi connectivity index (χ4v) is 5.68. The molecule has 0 radical (unpaired) electrons. The van der Waals surface area contributed by atoms with Crippen molar-refractivity contribution in [3.8, 4) is 0 Å². The number of guanidine groups is 1. The highest BCUT2D eigenvalue weighted by Gasteiger charge is 2.24. The van der Waals surface area contributed by atoms with Gasteiger partial charge in [0.25, 0.3) is 11.8 Å². The van der Waals surface area contributed by atoms with E-state index < -0.39 is 17.8 Å². The number of nitrogens with two attached hydrogens (primary N) is 2. The van der Waals surface area contributed by atoms with Gasteiger partial charge in [0.05, 0.1) is 18.3 Å². The summed E-state index contributed by atoms with van der Waals surface area (Å²) in [6.45, 7) is 2.67. The van der Waals surface area contributed by atoms with Crippen LogP contribution < -0.4 is 22.1 Å². The van der Waals surface area contributed by atoms with E-state index in [0.717, 1.165) is 21.9 Å². The summed E-state index contributed by atoms with van der Waals surface area (Å²) in [5.41, 5.74) is 14.1. The van der Waals surface area contributed by atoms with Gasteiger partial charge in [-0.25, -0.2) is 4.39 Å². The number of fused-ring (bicyclic) bond motifs is 1. The van der Waals surface area contributed by atoms with Crippen molar-refractivity contribution in [3.05, 3.63) is 149 Å². The van der Waals surface area contributed by atoms with Crippen LogP contribution in [0.3, 0.4) is 0 Å². The van der Waals surface area contributed by atoms with Crippen LogP contribution in [0.1, 0.15) is 63.3 Å². The number of pyridine rings is 1. The third kappa shape index (κ3) is 9.50. The van der Waals surface area contributed by atoms with Gasteiger partial charge in [-0.3, -0.25) is 24.4 Å². The fourth-order valence-electron chi connectivity index (χ4n) is 5.68. The second kappa shape index (κ2) is 16.8. The molecule has 1 aromatic heterocycles. The quantitative estimate of drug-likeness (QED) is 0.0718. The molecule has 256 valence electrons. The first-order chi connectivity index (χ1) is 24.2. The van der Waals surface area contributed by atoms with E-state index in [1.807, 2.05) is 61.5 Å². The number of hydrogen-bond acceptors (Lipinski definition) is 5. The van der Waals surface area contributed by atoms with Crippen molar-refractivity contribution in [3.63, 3.8) is 0 Å². The molecule has 0 aliphatic heterocycles. The molecule has 5 aromatic rings. The summed E-state index contributed by atoms with van der Waals surface area (Å²) < 4.78 is 13.6. The molecule has 0 aliphatic carbocycles. The summed E-state index contributed by atoms with van der Waals surface area (Å²) in [7, 11) is 0. The molecule has 10 nitrogen and oxygen atoms in total. The maximum absolute atomic E-state index is 13.6. The lowest BCUT2D eigenvalue weighted by Gasteiger charge is -2.23. The number of nitrogens with one attached hydrogen (secondary N) is 2. The fraction of sp³-hybridized carbons (Fsp3) is 0.205. The van der Waals surface area contributed by atoms with Gasteiger partial charge in [0.15, 0.2) is 5.96 Å². The number of aliphatic imine (C=N–C) groups is 1. The van der Waals surface area contributed by atoms with Crippen LogP contribution in [-0.4, -0.2) is 46.2 Å². The minimum atomic E-state index is -0.851. The van der Waals surface area contributed by atoms with E-state index in [9.17, 15) is 18.8 Å². The maximum atomic E-state index is 13.6. The Bertz CT molecular complexity index is 1940. The zero-order valence-electron chi connectivity index (χ0n) is 27.8. The van der Waals surface area contributed by atoms with E-state index in [4.69, 9.17) is 11.5 Å². The Labute approximate surface area is 290 Å². The molecule has 0 spiro atoms. The first kappa shape index (κ1) is 35.2. The molecule has 0 bridgehead atoms. The van der Waals surface area contributed by atoms with Crippen LogP contribution in [-0.2, 0) is 17.9 Å². The molecule has 5 rings (SSSR count). The molecule has 4 aromatic carbocycles. The molecule has 0 fully saturated rings. The summed E-state index contributed by atoms with van der Waals surface area (Å²) in [6.07, 6.45) is 2.43. The minimum Gasteiger partial charge on any atom is -0.370 e. The summed E-state index contributed by atoms with van der Waals surface area (Å²) in [5, 5.41) is 8.06. The van der Waals surface area contributed by atoms with Crippen LogP contribution in [0.2, 0.25) is 0 Å². The van der Waals surface area contributed by atoms with Gasteiger partial charge < -0.3 is 27.0 Å². The normalized spacial score (nSPS) is 12.0. The van der Waals surface area contributed by atoms with Gasteiger partial charge in [-0.1, -0.05) is 60.7 Å². The van der Waals surface area contributed by atoms with Crippen molar-refractivity contribution in [2.24, 2.45) is 16.5 Å². The SMILES string of the molecule is C[C@@H](NC(=O)[C@H](CCCN=C(N)N)NC(=O)c1ccc(CN(Cc2ccccn2)C(=O)c2ccc(F)cc2)cc1)c1cccc2ccccc12. The van der Waals surface area contributed by atoms with E-state index in [-0.39, 0.29) is 36.9 Å². The Kier molecular flexibility index (Phi) is 11.9. The summed E-state index contributed by atoms with van der Waals surface area (Å²) in [4.78, 5) is 50.5. The lowest BCUT2D eigenvalue weighted by Crippen LogP contribution is -2.47. The number of carbonyl (C=O) groups excluding carboxylic acids is 3. The van der Waals surface area contributed by atoms with E-state index in [0.29, 0.717) is 36.2 Å². The highest BCUT2D eigenvalue weighted by molar-refractivity contribution is 5.98. The van der Waals surface area contributed by atoms with Gasteiger partial charge in [0.2, 0.25) is 5.91 Å². The monoisotopic (exact) mass is 673 g/mol. The number of amides is 3. The first-order valence-corrected chi connectivity index (χ1v) is 16.4. The van der Waals surface area contributed by atoms with Crippen LogP contribution in [0.15, 0.2) is 120 Å². The summed E-state index contributed by atoms with van der Waals surface area (Å²) >= 11 is 0. The molecule has 0 unspecified atom stereocenters. The van der Waals surface area contributed by atoms with E-state index in [1.165, 1.54) is 24.3 Å². The Morgan fingerprint density at radius 2 is 1.52 bits per heavy atom. The van der Waals surface area contributed by atoms with Gasteiger partial charge in [-0.05, 0) is 90.2 Å². The predicted molar refractivity (Wildman–Crippen MR) is 192 cm³/mol. The number of aromatic nitrogens is 1. The van der Waals surface area contributed by atoms with Crippen LogP contribution in [0.4, 0.5) is 4.39 Å². The number of carbonyl (C=O) groups is 3. The first-order valence-electron chi connectivity index (χ1n) is 16.4. The van der Waals surface area contributed by atoms with Gasteiger partial charge in [0.1, 0.15) is 11.9 Å². The highest BCUT2D eigenvalue weighted by Crippen LogP contribution is 2.24. The third-order valence-electron chi connectivity index (χ3n) is 8.26. The molecule has 0 saturated heterocycles. The lowest BCUT2D eigenvalue weighted by molar-refractivity contribution is -0.123. The van der Waals surface area contributed by atoms with Gasteiger partial charge in [0, 0.05) is 30.4 Å². The number of benzene rings is 4. The molecule has 11 heteroatoms. The molecule has 0 saturated carbocycles. The summed E-state index contributed by atoms with van der Waals surface area (Å²) in [6, 6.07) is 30.4. The molecule has 3 amide bonds. The van der Waals surface area contributed by atoms with Crippen LogP contribution in [0.5, 0.6) is 0 Å². The second-order valence-corrected chi connectivity index (χ2v) is 12.0. The average molecular weight is 674 g/mol. The Hall–Kier alpha value is -6.10. The van der Waals surface area contributed by atoms with Gasteiger partial charge >= 0.3 is 0 Å². The molecule has 0 aliphatic rings. The van der Waals surface area contributed by atoms with Crippen LogP contribution in [0, 0.1) is 5.82 Å². The highest BCUT2D eigenvalue weighted by atomic mass is 19.1. The topological polar surface area (TPSA) is 156 Å². The smallest absolute Gasteiger partial charge is 0.254 e. The molecule has 6 N–H and O–H groups in total. The number of hydrogen-bond donors (Lipinski definition) is 4. The largest absolute Gasteiger partial charge is 0.370 e. The molecular formula is C39H40FN7O3. The second-order valence-electron chi connectivity index (χ2n) is 12.0. The Morgan fingerprint density at radius 3 is 2.24 bits per heavy atom. The van der Waals surface area contributed by atoms with E-state index in [1.54, 1.807) is 41.4 Å². The average Bonchev–Trinajstić information content (AvgIpc) is 3.12. The van der Waals surface area contributed by atoms with Crippen molar-refractivity contribution in [2.75, 3.05) is 6.54 Å². The van der Waals surface area contributed by atoms with Crippen molar-refractivity contribution in [1.29, 1.82) is 0 Å². The van der Waals surface area contributed by atoms with Crippen molar-refractivity contribution in [1.82, 2.24) is 20.5 Å². The molecule has 1 heterocycles. The van der Waals surface area contributed by atoms with Crippen LogP contribution >= 0.6 is 0 Å². The maximum Gasteiger partial charge on any atom is 0.254 e. The number of halogens is 1. The van der Waals surface area contributed by atoms with Crippen LogP contribution in [0.25, 0.3) is 10.8 Å². The molecule has 2 atom stereocenters. The third-order valence-corrected chi connectivity index (χ3v) is 8.26.